The second-order valence-electron chi connectivity index (χ2n) is 4.41. The molecule has 1 rings (SSSR count). The summed E-state index contributed by atoms with van der Waals surface area (Å²) in [6.07, 6.45) is 1.36. The zero-order valence-electron chi connectivity index (χ0n) is 10.7. The minimum atomic E-state index is -0.944. The Balaban J connectivity index is 2.53. The first-order chi connectivity index (χ1) is 8.50. The van der Waals surface area contributed by atoms with Gasteiger partial charge < -0.3 is 5.11 Å². The van der Waals surface area contributed by atoms with Crippen molar-refractivity contribution in [3.63, 3.8) is 0 Å². The molecule has 0 bridgehead atoms. The fourth-order valence-corrected chi connectivity index (χ4v) is 1.73. The van der Waals surface area contributed by atoms with Gasteiger partial charge in [0.15, 0.2) is 0 Å². The molecular weight excluding hydrogens is 230 g/mol. The summed E-state index contributed by atoms with van der Waals surface area (Å²) in [6.45, 7) is 3.03. The summed E-state index contributed by atoms with van der Waals surface area (Å²) in [7, 11) is 0. The monoisotopic (exact) mass is 249 g/mol. The second kappa shape index (κ2) is 6.91. The van der Waals surface area contributed by atoms with Crippen LogP contribution in [0.15, 0.2) is 30.3 Å². The summed E-state index contributed by atoms with van der Waals surface area (Å²) in [6, 6.07) is 8.72. The standard InChI is InChI=1S/C14H19NO3/c1-10(14(17)18)15-13(11(2)16)9-8-12-6-4-3-5-7-12/h3-7,10,13,15H,8-9H2,1-2H3,(H,17,18)/t10-,13-/m0/s1. The van der Waals surface area contributed by atoms with Gasteiger partial charge in [0, 0.05) is 0 Å². The lowest BCUT2D eigenvalue weighted by atomic mass is 10.0. The number of carbonyl (C=O) groups is 2. The number of carboxylic acids is 1. The molecule has 0 unspecified atom stereocenters. The largest absolute Gasteiger partial charge is 0.480 e. The van der Waals surface area contributed by atoms with Gasteiger partial charge in [0.05, 0.1) is 6.04 Å². The van der Waals surface area contributed by atoms with E-state index in [9.17, 15) is 9.59 Å². The maximum absolute atomic E-state index is 11.5. The van der Waals surface area contributed by atoms with Crippen LogP contribution in [0.1, 0.15) is 25.8 Å². The molecule has 0 heterocycles. The van der Waals surface area contributed by atoms with Crippen molar-refractivity contribution in [1.82, 2.24) is 5.32 Å². The number of hydrogen-bond acceptors (Lipinski definition) is 3. The molecule has 0 spiro atoms. The first-order valence-corrected chi connectivity index (χ1v) is 6.04. The van der Waals surface area contributed by atoms with Crippen LogP contribution in [0.4, 0.5) is 0 Å². The van der Waals surface area contributed by atoms with Crippen molar-refractivity contribution in [1.29, 1.82) is 0 Å². The van der Waals surface area contributed by atoms with Gasteiger partial charge >= 0.3 is 5.97 Å². The van der Waals surface area contributed by atoms with Crippen molar-refractivity contribution >= 4 is 11.8 Å². The van der Waals surface area contributed by atoms with Gasteiger partial charge in [-0.3, -0.25) is 14.9 Å². The number of aryl methyl sites for hydroxylation is 1. The van der Waals surface area contributed by atoms with Crippen molar-refractivity contribution in [3.05, 3.63) is 35.9 Å². The van der Waals surface area contributed by atoms with Gasteiger partial charge in [0.2, 0.25) is 0 Å². The normalized spacial score (nSPS) is 13.9. The minimum Gasteiger partial charge on any atom is -0.480 e. The molecule has 0 saturated carbocycles. The summed E-state index contributed by atoms with van der Waals surface area (Å²) in [5, 5.41) is 11.7. The molecular formula is C14H19NO3. The molecule has 1 aromatic carbocycles. The molecule has 1 aromatic rings. The van der Waals surface area contributed by atoms with Crippen molar-refractivity contribution in [2.24, 2.45) is 0 Å². The third kappa shape index (κ3) is 4.67. The van der Waals surface area contributed by atoms with Gasteiger partial charge in [-0.15, -0.1) is 0 Å². The first-order valence-electron chi connectivity index (χ1n) is 6.04. The maximum atomic E-state index is 11.5. The highest BCUT2D eigenvalue weighted by atomic mass is 16.4. The number of aliphatic carboxylic acids is 1. The molecule has 0 aliphatic heterocycles. The zero-order valence-corrected chi connectivity index (χ0v) is 10.7. The Bertz CT molecular complexity index is 403. The van der Waals surface area contributed by atoms with Gasteiger partial charge in [0.1, 0.15) is 11.8 Å². The zero-order chi connectivity index (χ0) is 13.5. The van der Waals surface area contributed by atoms with Crippen LogP contribution >= 0.6 is 0 Å². The van der Waals surface area contributed by atoms with E-state index in [-0.39, 0.29) is 5.78 Å². The fourth-order valence-electron chi connectivity index (χ4n) is 1.73. The highest BCUT2D eigenvalue weighted by Crippen LogP contribution is 2.06. The molecule has 2 atom stereocenters. The Labute approximate surface area is 107 Å². The molecule has 0 radical (unpaired) electrons. The summed E-state index contributed by atoms with van der Waals surface area (Å²) in [4.78, 5) is 22.2. The molecule has 0 aliphatic rings. The van der Waals surface area contributed by atoms with Crippen molar-refractivity contribution in [3.8, 4) is 0 Å². The number of ketones is 1. The summed E-state index contributed by atoms with van der Waals surface area (Å²) in [5.74, 6) is -0.972. The molecule has 0 aliphatic carbocycles. The Morgan fingerprint density at radius 3 is 2.39 bits per heavy atom. The van der Waals surface area contributed by atoms with E-state index in [1.807, 2.05) is 30.3 Å². The number of carboxylic acid groups (broad SMARTS) is 1. The lowest BCUT2D eigenvalue weighted by Crippen LogP contribution is -2.45. The summed E-state index contributed by atoms with van der Waals surface area (Å²) >= 11 is 0. The average molecular weight is 249 g/mol. The lowest BCUT2D eigenvalue weighted by Gasteiger charge is -2.18. The van der Waals surface area contributed by atoms with E-state index in [0.29, 0.717) is 6.42 Å². The van der Waals surface area contributed by atoms with E-state index >= 15 is 0 Å². The minimum absolute atomic E-state index is 0.0287. The number of hydrogen-bond donors (Lipinski definition) is 2. The van der Waals surface area contributed by atoms with E-state index in [0.717, 1.165) is 12.0 Å². The molecule has 4 nitrogen and oxygen atoms in total. The Morgan fingerprint density at radius 1 is 1.28 bits per heavy atom. The molecule has 4 heteroatoms. The molecule has 0 saturated heterocycles. The van der Waals surface area contributed by atoms with E-state index in [1.54, 1.807) is 6.92 Å². The van der Waals surface area contributed by atoms with E-state index in [2.05, 4.69) is 5.32 Å². The lowest BCUT2D eigenvalue weighted by molar-refractivity contribution is -0.139. The molecule has 0 fully saturated rings. The van der Waals surface area contributed by atoms with Crippen LogP contribution in [0.2, 0.25) is 0 Å². The molecule has 98 valence electrons. The highest BCUT2D eigenvalue weighted by molar-refractivity contribution is 5.82. The SMILES string of the molecule is CC(=O)[C@H](CCc1ccccc1)N[C@@H](C)C(=O)O. The van der Waals surface area contributed by atoms with Gasteiger partial charge in [-0.05, 0) is 32.3 Å². The Morgan fingerprint density at radius 2 is 1.89 bits per heavy atom. The van der Waals surface area contributed by atoms with Crippen LogP contribution in [-0.4, -0.2) is 28.9 Å². The topological polar surface area (TPSA) is 66.4 Å². The van der Waals surface area contributed by atoms with Gasteiger partial charge in [-0.2, -0.15) is 0 Å². The van der Waals surface area contributed by atoms with Gasteiger partial charge in [-0.1, -0.05) is 30.3 Å². The van der Waals surface area contributed by atoms with Gasteiger partial charge in [0.25, 0.3) is 0 Å². The number of Topliss-reactive ketones (excluding diaryl/α,β-unsaturated/α-hetero) is 1. The summed E-state index contributed by atoms with van der Waals surface area (Å²) < 4.78 is 0. The molecule has 2 N–H and O–H groups in total. The third-order valence-corrected chi connectivity index (χ3v) is 2.88. The smallest absolute Gasteiger partial charge is 0.320 e. The van der Waals surface area contributed by atoms with Crippen molar-refractivity contribution in [2.45, 2.75) is 38.8 Å². The fraction of sp³-hybridized carbons (Fsp3) is 0.429. The molecule has 0 amide bonds. The highest BCUT2D eigenvalue weighted by Gasteiger charge is 2.20. The van der Waals surface area contributed by atoms with E-state index in [1.165, 1.54) is 6.92 Å². The Kier molecular flexibility index (Phi) is 5.52. The average Bonchev–Trinajstić information content (AvgIpc) is 2.34. The predicted molar refractivity (Wildman–Crippen MR) is 69.5 cm³/mol. The third-order valence-electron chi connectivity index (χ3n) is 2.88. The molecule has 18 heavy (non-hydrogen) atoms. The van der Waals surface area contributed by atoms with Crippen LogP contribution < -0.4 is 5.32 Å². The van der Waals surface area contributed by atoms with Crippen LogP contribution in [0, 0.1) is 0 Å². The van der Waals surface area contributed by atoms with Crippen molar-refractivity contribution in [2.75, 3.05) is 0 Å². The quantitative estimate of drug-likeness (QED) is 0.771. The number of benzene rings is 1. The van der Waals surface area contributed by atoms with Crippen LogP contribution in [-0.2, 0) is 16.0 Å². The van der Waals surface area contributed by atoms with Crippen LogP contribution in [0.25, 0.3) is 0 Å². The Hall–Kier alpha value is -1.68. The second-order valence-corrected chi connectivity index (χ2v) is 4.41. The predicted octanol–water partition coefficient (Wildman–Crippen LogP) is 1.64. The number of rotatable bonds is 7. The summed E-state index contributed by atoms with van der Waals surface area (Å²) in [5.41, 5.74) is 1.15. The van der Waals surface area contributed by atoms with Crippen LogP contribution in [0.3, 0.4) is 0 Å². The van der Waals surface area contributed by atoms with Gasteiger partial charge in [-0.25, -0.2) is 0 Å². The van der Waals surface area contributed by atoms with E-state index < -0.39 is 18.1 Å². The number of carbonyl (C=O) groups excluding carboxylic acids is 1. The number of nitrogens with one attached hydrogen (secondary N) is 1. The molecule has 0 aromatic heterocycles. The van der Waals surface area contributed by atoms with Crippen molar-refractivity contribution < 1.29 is 14.7 Å². The maximum Gasteiger partial charge on any atom is 0.320 e. The van der Waals surface area contributed by atoms with E-state index in [4.69, 9.17) is 5.11 Å². The first kappa shape index (κ1) is 14.4. The van der Waals surface area contributed by atoms with Crippen LogP contribution in [0.5, 0.6) is 0 Å².